The van der Waals surface area contributed by atoms with Gasteiger partial charge in [-0.25, -0.2) is 0 Å². The van der Waals surface area contributed by atoms with Gasteiger partial charge < -0.3 is 5.11 Å². The van der Waals surface area contributed by atoms with E-state index in [1.807, 2.05) is 19.1 Å². The number of phenolic OH excluding ortho intramolecular Hbond substituents is 1. The fourth-order valence-corrected chi connectivity index (χ4v) is 0.512. The van der Waals surface area contributed by atoms with Gasteiger partial charge in [0.1, 0.15) is 5.75 Å². The molecule has 0 fully saturated rings. The summed E-state index contributed by atoms with van der Waals surface area (Å²) in [6.45, 7) is 1.84. The smallest absolute Gasteiger partial charge is 0.126 e. The lowest BCUT2D eigenvalue weighted by molar-refractivity contribution is 0.470. The SMILES string of the molecule is Cc1ccc[c]c1O. The Bertz CT molecular complexity index is 160. The largest absolute Gasteiger partial charge is 0.507 e. The monoisotopic (exact) mass is 107 g/mol. The summed E-state index contributed by atoms with van der Waals surface area (Å²) in [4.78, 5) is 0. The third-order valence-corrected chi connectivity index (χ3v) is 1.04. The third kappa shape index (κ3) is 0.808. The molecule has 0 aliphatic rings. The Morgan fingerprint density at radius 2 is 2.38 bits per heavy atom. The summed E-state index contributed by atoms with van der Waals surface area (Å²) in [5.41, 5.74) is 0.868. The molecule has 0 bridgehead atoms. The van der Waals surface area contributed by atoms with Crippen LogP contribution in [0.2, 0.25) is 0 Å². The molecule has 1 rings (SSSR count). The minimum Gasteiger partial charge on any atom is -0.507 e. The Morgan fingerprint density at radius 3 is 2.75 bits per heavy atom. The van der Waals surface area contributed by atoms with Crippen molar-refractivity contribution in [1.82, 2.24) is 0 Å². The van der Waals surface area contributed by atoms with Gasteiger partial charge in [-0.2, -0.15) is 0 Å². The molecule has 0 aliphatic heterocycles. The molecule has 0 saturated carbocycles. The van der Waals surface area contributed by atoms with Gasteiger partial charge in [-0.05, 0) is 12.5 Å². The van der Waals surface area contributed by atoms with Crippen molar-refractivity contribution in [3.63, 3.8) is 0 Å². The topological polar surface area (TPSA) is 20.2 Å². The highest BCUT2D eigenvalue weighted by atomic mass is 16.3. The number of aromatic hydroxyl groups is 1. The first-order valence-corrected chi connectivity index (χ1v) is 2.47. The summed E-state index contributed by atoms with van der Waals surface area (Å²) >= 11 is 0. The van der Waals surface area contributed by atoms with Crippen LogP contribution in [-0.2, 0) is 0 Å². The number of phenols is 1. The van der Waals surface area contributed by atoms with E-state index in [1.54, 1.807) is 6.07 Å². The maximum atomic E-state index is 8.86. The third-order valence-electron chi connectivity index (χ3n) is 1.04. The van der Waals surface area contributed by atoms with Crippen molar-refractivity contribution in [2.75, 3.05) is 0 Å². The highest BCUT2D eigenvalue weighted by Crippen LogP contribution is 2.11. The molecule has 1 aromatic rings. The highest BCUT2D eigenvalue weighted by molar-refractivity contribution is 5.28. The molecule has 0 spiro atoms. The van der Waals surface area contributed by atoms with Gasteiger partial charge in [0.2, 0.25) is 0 Å². The van der Waals surface area contributed by atoms with Crippen LogP contribution in [0.3, 0.4) is 0 Å². The average Bonchev–Trinajstić information content (AvgIpc) is 1.77. The standard InChI is InChI=1S/C7H7O/c1-6-4-2-3-5-7(6)8/h2-4,8H,1H3. The summed E-state index contributed by atoms with van der Waals surface area (Å²) in [6, 6.07) is 8.02. The van der Waals surface area contributed by atoms with E-state index in [4.69, 9.17) is 5.11 Å². The van der Waals surface area contributed by atoms with Crippen molar-refractivity contribution < 1.29 is 5.11 Å². The van der Waals surface area contributed by atoms with Gasteiger partial charge in [0.05, 0.1) is 0 Å². The molecule has 1 nitrogen and oxygen atoms in total. The van der Waals surface area contributed by atoms with Gasteiger partial charge in [-0.1, -0.05) is 18.2 Å². The first kappa shape index (κ1) is 5.16. The fourth-order valence-electron chi connectivity index (χ4n) is 0.512. The Morgan fingerprint density at radius 1 is 1.62 bits per heavy atom. The zero-order chi connectivity index (χ0) is 5.98. The van der Waals surface area contributed by atoms with Crippen LogP contribution in [0.1, 0.15) is 5.56 Å². The lowest BCUT2D eigenvalue weighted by Crippen LogP contribution is -1.69. The van der Waals surface area contributed by atoms with E-state index in [2.05, 4.69) is 6.07 Å². The molecule has 1 N–H and O–H groups in total. The Balaban J connectivity index is 3.13. The fraction of sp³-hybridized carbons (Fsp3) is 0.143. The maximum absolute atomic E-state index is 8.86. The zero-order valence-corrected chi connectivity index (χ0v) is 4.68. The summed E-state index contributed by atoms with van der Waals surface area (Å²) in [5, 5.41) is 8.86. The minimum atomic E-state index is 0.243. The second kappa shape index (κ2) is 1.86. The van der Waals surface area contributed by atoms with Crippen LogP contribution in [0.15, 0.2) is 18.2 Å². The Kier molecular flexibility index (Phi) is 1.20. The van der Waals surface area contributed by atoms with Crippen molar-refractivity contribution in [3.05, 3.63) is 29.8 Å². The number of hydrogen-bond donors (Lipinski definition) is 1. The van der Waals surface area contributed by atoms with E-state index >= 15 is 0 Å². The Hall–Kier alpha value is -0.980. The molecule has 41 valence electrons. The quantitative estimate of drug-likeness (QED) is 0.532. The second-order valence-corrected chi connectivity index (χ2v) is 1.70. The molecule has 0 amide bonds. The summed E-state index contributed by atoms with van der Waals surface area (Å²) in [7, 11) is 0. The van der Waals surface area contributed by atoms with E-state index in [0.29, 0.717) is 0 Å². The van der Waals surface area contributed by atoms with Crippen LogP contribution in [-0.4, -0.2) is 5.11 Å². The molecular formula is C7H7O. The normalized spacial score (nSPS) is 9.12. The highest BCUT2D eigenvalue weighted by Gasteiger charge is 1.87. The molecule has 0 aromatic heterocycles. The summed E-state index contributed by atoms with van der Waals surface area (Å²) in [6.07, 6.45) is 0. The molecule has 0 saturated heterocycles. The predicted octanol–water partition coefficient (Wildman–Crippen LogP) is 1.50. The molecule has 1 radical (unpaired) electrons. The maximum Gasteiger partial charge on any atom is 0.126 e. The first-order valence-electron chi connectivity index (χ1n) is 2.47. The summed E-state index contributed by atoms with van der Waals surface area (Å²) < 4.78 is 0. The molecule has 0 atom stereocenters. The van der Waals surface area contributed by atoms with Gasteiger partial charge in [0, 0.05) is 6.07 Å². The van der Waals surface area contributed by atoms with Crippen LogP contribution >= 0.6 is 0 Å². The van der Waals surface area contributed by atoms with Crippen molar-refractivity contribution in [1.29, 1.82) is 0 Å². The van der Waals surface area contributed by atoms with E-state index in [-0.39, 0.29) is 5.75 Å². The van der Waals surface area contributed by atoms with Gasteiger partial charge in [0.25, 0.3) is 0 Å². The van der Waals surface area contributed by atoms with Crippen LogP contribution in [0, 0.1) is 13.0 Å². The van der Waals surface area contributed by atoms with Gasteiger partial charge in [-0.3, -0.25) is 0 Å². The van der Waals surface area contributed by atoms with Crippen molar-refractivity contribution in [2.24, 2.45) is 0 Å². The van der Waals surface area contributed by atoms with Crippen LogP contribution in [0.5, 0.6) is 5.75 Å². The number of aryl methyl sites for hydroxylation is 1. The van der Waals surface area contributed by atoms with E-state index in [9.17, 15) is 0 Å². The number of benzene rings is 1. The number of para-hydroxylation sites is 1. The minimum absolute atomic E-state index is 0.243. The molecule has 8 heavy (non-hydrogen) atoms. The first-order chi connectivity index (χ1) is 3.80. The lowest BCUT2D eigenvalue weighted by Gasteiger charge is -1.91. The Labute approximate surface area is 48.6 Å². The zero-order valence-electron chi connectivity index (χ0n) is 4.68. The van der Waals surface area contributed by atoms with Gasteiger partial charge in [0.15, 0.2) is 0 Å². The number of hydrogen-bond acceptors (Lipinski definition) is 1. The van der Waals surface area contributed by atoms with Crippen LogP contribution in [0.25, 0.3) is 0 Å². The van der Waals surface area contributed by atoms with Gasteiger partial charge >= 0.3 is 0 Å². The molecule has 0 aliphatic carbocycles. The number of rotatable bonds is 0. The molecule has 0 unspecified atom stereocenters. The van der Waals surface area contributed by atoms with Gasteiger partial charge in [-0.15, -0.1) is 0 Å². The lowest BCUT2D eigenvalue weighted by atomic mass is 10.2. The van der Waals surface area contributed by atoms with E-state index in [0.717, 1.165) is 5.56 Å². The van der Waals surface area contributed by atoms with Crippen LogP contribution in [0.4, 0.5) is 0 Å². The molecule has 0 heterocycles. The summed E-state index contributed by atoms with van der Waals surface area (Å²) in [5.74, 6) is 0.243. The molecular weight excluding hydrogens is 100 g/mol. The molecule has 1 aromatic carbocycles. The van der Waals surface area contributed by atoms with Crippen molar-refractivity contribution >= 4 is 0 Å². The van der Waals surface area contributed by atoms with Crippen molar-refractivity contribution in [2.45, 2.75) is 6.92 Å². The van der Waals surface area contributed by atoms with Crippen molar-refractivity contribution in [3.8, 4) is 5.75 Å². The van der Waals surface area contributed by atoms with E-state index < -0.39 is 0 Å². The average molecular weight is 107 g/mol. The predicted molar refractivity (Wildman–Crippen MR) is 31.7 cm³/mol. The van der Waals surface area contributed by atoms with E-state index in [1.165, 1.54) is 0 Å². The molecule has 1 heteroatoms. The van der Waals surface area contributed by atoms with Crippen LogP contribution < -0.4 is 0 Å². The second-order valence-electron chi connectivity index (χ2n) is 1.70.